The van der Waals surface area contributed by atoms with Gasteiger partial charge in [-0.1, -0.05) is 24.8 Å². The van der Waals surface area contributed by atoms with Crippen LogP contribution in [0.15, 0.2) is 107 Å². The number of carbonyl (C=O) groups excluding carboxylic acids is 2. The zero-order chi connectivity index (χ0) is 32.5. The van der Waals surface area contributed by atoms with Gasteiger partial charge in [-0.2, -0.15) is 5.10 Å². The van der Waals surface area contributed by atoms with Gasteiger partial charge in [0.25, 0.3) is 0 Å². The zero-order valence-corrected chi connectivity index (χ0v) is 26.3. The number of nitrogens with one attached hydrogen (secondary N) is 1. The molecule has 0 spiro atoms. The Hall–Kier alpha value is -4.70. The van der Waals surface area contributed by atoms with Crippen molar-refractivity contribution < 1.29 is 23.5 Å². The second-order valence-electron chi connectivity index (χ2n) is 11.0. The van der Waals surface area contributed by atoms with E-state index in [-0.39, 0.29) is 23.4 Å². The maximum Gasteiger partial charge on any atom is 0.219 e. The first-order valence-corrected chi connectivity index (χ1v) is 15.1. The van der Waals surface area contributed by atoms with Crippen LogP contribution >= 0.6 is 0 Å². The second-order valence-corrected chi connectivity index (χ2v) is 11.0. The lowest BCUT2D eigenvalue weighted by atomic mass is 9.89. The monoisotopic (exact) mass is 615 g/mol. The molecule has 1 aromatic heterocycles. The molecule has 3 aliphatic rings. The van der Waals surface area contributed by atoms with Crippen LogP contribution in [0.25, 0.3) is 0 Å². The fourth-order valence-electron chi connectivity index (χ4n) is 5.57. The fourth-order valence-corrected chi connectivity index (χ4v) is 5.57. The average molecular weight is 616 g/mol. The Bertz CT molecular complexity index is 1540. The number of hydrazone groups is 1. The lowest BCUT2D eigenvalue weighted by molar-refractivity contribution is -0.129. The molecule has 45 heavy (non-hydrogen) atoms. The van der Waals surface area contributed by atoms with Gasteiger partial charge in [-0.25, -0.2) is 9.40 Å². The minimum Gasteiger partial charge on any atom is -0.496 e. The molecule has 10 heteroatoms. The molecule has 1 aliphatic carbocycles. The van der Waals surface area contributed by atoms with Gasteiger partial charge in [-0.05, 0) is 86.2 Å². The molecule has 238 valence electrons. The largest absolute Gasteiger partial charge is 0.496 e. The molecule has 2 atom stereocenters. The molecular weight excluding hydrogens is 573 g/mol. The van der Waals surface area contributed by atoms with Crippen molar-refractivity contribution in [1.82, 2.24) is 14.9 Å². The first kappa shape index (κ1) is 33.2. The lowest BCUT2D eigenvalue weighted by Gasteiger charge is -2.31. The van der Waals surface area contributed by atoms with E-state index in [0.717, 1.165) is 24.0 Å². The molecule has 1 fully saturated rings. The Morgan fingerprint density at radius 1 is 1.20 bits per heavy atom. The normalized spacial score (nSPS) is 20.9. The number of ketones is 1. The van der Waals surface area contributed by atoms with Crippen LogP contribution < -0.4 is 10.5 Å². The Morgan fingerprint density at radius 2 is 1.96 bits per heavy atom. The van der Waals surface area contributed by atoms with Gasteiger partial charge >= 0.3 is 0 Å². The highest BCUT2D eigenvalue weighted by atomic mass is 19.1. The summed E-state index contributed by atoms with van der Waals surface area (Å²) < 4.78 is 25.8. The summed E-state index contributed by atoms with van der Waals surface area (Å²) in [6.45, 7) is 10.3. The van der Waals surface area contributed by atoms with Crippen molar-refractivity contribution in [1.29, 1.82) is 0 Å². The highest BCUT2D eigenvalue weighted by Crippen LogP contribution is 2.34. The van der Waals surface area contributed by atoms with Crippen LogP contribution in [0.3, 0.4) is 0 Å². The van der Waals surface area contributed by atoms with Crippen molar-refractivity contribution in [2.45, 2.75) is 52.1 Å². The van der Waals surface area contributed by atoms with Gasteiger partial charge in [0, 0.05) is 38.8 Å². The number of aromatic nitrogens is 1. The van der Waals surface area contributed by atoms with Gasteiger partial charge < -0.3 is 25.1 Å². The molecule has 2 unspecified atom stereocenters. The lowest BCUT2D eigenvalue weighted by Crippen LogP contribution is -2.43. The minimum absolute atomic E-state index is 0.0287. The van der Waals surface area contributed by atoms with Crippen molar-refractivity contribution in [3.63, 3.8) is 0 Å². The summed E-state index contributed by atoms with van der Waals surface area (Å²) in [5.74, 6) is 0.126. The minimum atomic E-state index is -0.753. The van der Waals surface area contributed by atoms with Gasteiger partial charge in [0.2, 0.25) is 5.91 Å². The van der Waals surface area contributed by atoms with Crippen molar-refractivity contribution in [3.8, 4) is 5.75 Å². The molecule has 3 N–H and O–H groups in total. The first-order chi connectivity index (χ1) is 21.7. The summed E-state index contributed by atoms with van der Waals surface area (Å²) in [5.41, 5.74) is 9.58. The van der Waals surface area contributed by atoms with Crippen LogP contribution in [-0.4, -0.2) is 59.2 Å². The fraction of sp³-hybridized carbons (Fsp3) is 0.343. The van der Waals surface area contributed by atoms with Crippen molar-refractivity contribution in [3.05, 3.63) is 113 Å². The highest BCUT2D eigenvalue weighted by molar-refractivity contribution is 6.06. The Balaban J connectivity index is 1.53. The summed E-state index contributed by atoms with van der Waals surface area (Å²) in [4.78, 5) is 30.5. The van der Waals surface area contributed by atoms with Gasteiger partial charge in [-0.15, -0.1) is 0 Å². The standard InChI is InChI=1S/C35H42FN5O4/c1-6-9-29(36)32(7-2)45-26-13-12-23(3)31(15-14-26)41-35(37)28(22-39-41)34(43)30-10-8-11-33(44-5)27(16-19-38-30)25-17-20-40(21-18-25)24(4)42/h6-12,14-16,19,22,25,28,35,38H,2,13,17-18,20-21,37H2,1,3-5H3/b9-6-,11-8?,19-16?,30-10?,32-29-,33-27?. The third-order valence-electron chi connectivity index (χ3n) is 8.13. The summed E-state index contributed by atoms with van der Waals surface area (Å²) in [6, 6.07) is 7.27. The molecule has 1 saturated heterocycles. The summed E-state index contributed by atoms with van der Waals surface area (Å²) >= 11 is 0. The summed E-state index contributed by atoms with van der Waals surface area (Å²) in [5, 5.41) is 6.12. The number of aromatic amines is 1. The topological polar surface area (TPSA) is 113 Å². The number of rotatable bonds is 9. The number of carbonyl (C=O) groups is 2. The van der Waals surface area contributed by atoms with Gasteiger partial charge in [0.1, 0.15) is 17.7 Å². The molecule has 0 radical (unpaired) electrons. The smallest absolute Gasteiger partial charge is 0.219 e. The SMILES string of the molecule is C=C/C(OC1=CC=C(N2N=CC(C(=O)c3cccc(OC)c(C4CCN(C(C)=O)CC4)cc[nH]3)C2N)C(C)=CC1)=C(F)\C=C/C. The maximum atomic E-state index is 14.3. The number of halogens is 1. The van der Waals surface area contributed by atoms with E-state index in [1.54, 1.807) is 68.7 Å². The molecule has 1 amide bonds. The highest BCUT2D eigenvalue weighted by Gasteiger charge is 2.36. The number of hydrogen-bond acceptors (Lipinski definition) is 7. The van der Waals surface area contributed by atoms with Crippen LogP contribution in [0.2, 0.25) is 0 Å². The van der Waals surface area contributed by atoms with Crippen LogP contribution in [0.4, 0.5) is 4.39 Å². The third kappa shape index (κ3) is 7.88. The van der Waals surface area contributed by atoms with E-state index in [1.807, 2.05) is 30.0 Å². The second kappa shape index (κ2) is 15.3. The van der Waals surface area contributed by atoms with Crippen LogP contribution in [0.1, 0.15) is 62.0 Å². The molecule has 4 rings (SSSR count). The van der Waals surface area contributed by atoms with Crippen LogP contribution in [0, 0.1) is 5.92 Å². The number of hydrogen-bond donors (Lipinski definition) is 2. The average Bonchev–Trinajstić information content (AvgIpc) is 3.37. The van der Waals surface area contributed by atoms with Gasteiger partial charge in [0.15, 0.2) is 17.4 Å². The van der Waals surface area contributed by atoms with Gasteiger partial charge in [0.05, 0.1) is 24.4 Å². The number of nitrogens with two attached hydrogens (primary N) is 1. The quantitative estimate of drug-likeness (QED) is 0.191. The predicted octanol–water partition coefficient (Wildman–Crippen LogP) is 6.34. The zero-order valence-electron chi connectivity index (χ0n) is 26.3. The number of H-pyrrole nitrogens is 1. The Kier molecular flexibility index (Phi) is 11.3. The third-order valence-corrected chi connectivity index (χ3v) is 8.13. The van der Waals surface area contributed by atoms with Crippen molar-refractivity contribution in [2.75, 3.05) is 20.2 Å². The van der Waals surface area contributed by atoms with E-state index in [0.29, 0.717) is 42.4 Å². The summed E-state index contributed by atoms with van der Waals surface area (Å²) in [6.07, 6.45) is 14.3. The molecule has 1 aromatic rings. The van der Waals surface area contributed by atoms with Gasteiger partial charge in [-0.3, -0.25) is 9.59 Å². The maximum absolute atomic E-state index is 14.3. The van der Waals surface area contributed by atoms with E-state index in [4.69, 9.17) is 15.2 Å². The summed E-state index contributed by atoms with van der Waals surface area (Å²) in [7, 11) is 1.63. The molecule has 0 bridgehead atoms. The first-order valence-electron chi connectivity index (χ1n) is 15.1. The van der Waals surface area contributed by atoms with E-state index in [1.165, 1.54) is 12.2 Å². The Morgan fingerprint density at radius 3 is 2.62 bits per heavy atom. The Labute approximate surface area is 264 Å². The molecule has 0 aromatic carbocycles. The number of amides is 1. The van der Waals surface area contributed by atoms with Crippen LogP contribution in [0.5, 0.6) is 5.75 Å². The van der Waals surface area contributed by atoms with E-state index >= 15 is 0 Å². The predicted molar refractivity (Wildman–Crippen MR) is 174 cm³/mol. The van der Waals surface area contributed by atoms with E-state index in [9.17, 15) is 14.0 Å². The van der Waals surface area contributed by atoms with Crippen LogP contribution in [-0.2, 0) is 9.53 Å². The number of methoxy groups -OCH3 is 1. The van der Waals surface area contributed by atoms with Crippen molar-refractivity contribution >= 4 is 17.9 Å². The molecular formula is C35H42FN5O4. The van der Waals surface area contributed by atoms with E-state index in [2.05, 4.69) is 16.7 Å². The molecule has 2 aliphatic heterocycles. The van der Waals surface area contributed by atoms with Crippen molar-refractivity contribution in [2.24, 2.45) is 16.8 Å². The number of likely N-dealkylation sites (tertiary alicyclic amines) is 1. The molecule has 0 saturated carbocycles. The number of ether oxygens (including phenoxy) is 2. The number of piperidine rings is 1. The number of allylic oxidation sites excluding steroid dienone is 8. The number of Topliss-reactive ketones (excluding diaryl/α,β-unsaturated/α-hetero) is 1. The number of nitrogens with zero attached hydrogens (tertiary/aromatic N) is 3. The molecule has 3 heterocycles. The molecule has 9 nitrogen and oxygen atoms in total. The van der Waals surface area contributed by atoms with E-state index < -0.39 is 17.9 Å².